The zero-order valence-corrected chi connectivity index (χ0v) is 8.54. The van der Waals surface area contributed by atoms with E-state index in [9.17, 15) is 0 Å². The Morgan fingerprint density at radius 2 is 2.00 bits per heavy atom. The van der Waals surface area contributed by atoms with Crippen molar-refractivity contribution in [2.45, 2.75) is 13.8 Å². The molecule has 0 atom stereocenters. The Kier molecular flexibility index (Phi) is 3.32. The second-order valence-corrected chi connectivity index (χ2v) is 3.44. The van der Waals surface area contributed by atoms with Crippen molar-refractivity contribution >= 4 is 5.69 Å². The van der Waals surface area contributed by atoms with Crippen LogP contribution in [0.5, 0.6) is 0 Å². The number of likely N-dealkylation sites (N-methyl/N-ethyl adjacent to an activating group) is 1. The highest BCUT2D eigenvalue weighted by molar-refractivity contribution is 5.54. The van der Waals surface area contributed by atoms with E-state index in [-0.39, 0.29) is 6.61 Å². The maximum absolute atomic E-state index is 8.82. The van der Waals surface area contributed by atoms with Crippen molar-refractivity contribution < 1.29 is 5.11 Å². The van der Waals surface area contributed by atoms with E-state index in [0.717, 1.165) is 0 Å². The lowest BCUT2D eigenvalue weighted by atomic mass is 10.1. The fourth-order valence-electron chi connectivity index (χ4n) is 1.40. The number of nitrogens with zero attached hydrogens (tertiary/aromatic N) is 1. The van der Waals surface area contributed by atoms with E-state index in [1.54, 1.807) is 0 Å². The summed E-state index contributed by atoms with van der Waals surface area (Å²) in [5, 5.41) is 8.82. The smallest absolute Gasteiger partial charge is 0.0606 e. The number of aliphatic hydroxyl groups is 1. The Morgan fingerprint density at radius 3 is 2.62 bits per heavy atom. The van der Waals surface area contributed by atoms with Crippen LogP contribution in [0.4, 0.5) is 5.69 Å². The Hall–Kier alpha value is -1.02. The fourth-order valence-corrected chi connectivity index (χ4v) is 1.40. The van der Waals surface area contributed by atoms with E-state index in [0.29, 0.717) is 6.54 Å². The van der Waals surface area contributed by atoms with Crippen LogP contribution in [0.3, 0.4) is 0 Å². The zero-order chi connectivity index (χ0) is 9.84. The molecule has 0 unspecified atom stereocenters. The summed E-state index contributed by atoms with van der Waals surface area (Å²) in [5.74, 6) is 0. The normalized spacial score (nSPS) is 10.2. The molecule has 0 heterocycles. The summed E-state index contributed by atoms with van der Waals surface area (Å²) in [5.41, 5.74) is 3.71. The average Bonchev–Trinajstić information content (AvgIpc) is 2.09. The van der Waals surface area contributed by atoms with Gasteiger partial charge >= 0.3 is 0 Å². The molecular weight excluding hydrogens is 162 g/mol. The molecule has 72 valence electrons. The molecule has 1 rings (SSSR count). The van der Waals surface area contributed by atoms with Crippen LogP contribution in [0.15, 0.2) is 18.2 Å². The number of aryl methyl sites for hydroxylation is 2. The highest BCUT2D eigenvalue weighted by Crippen LogP contribution is 2.19. The first kappa shape index (κ1) is 10.1. The average molecular weight is 179 g/mol. The quantitative estimate of drug-likeness (QED) is 0.764. The summed E-state index contributed by atoms with van der Waals surface area (Å²) < 4.78 is 0. The van der Waals surface area contributed by atoms with E-state index >= 15 is 0 Å². The predicted molar refractivity (Wildman–Crippen MR) is 56.3 cm³/mol. The molecule has 1 N–H and O–H groups in total. The van der Waals surface area contributed by atoms with Crippen molar-refractivity contribution in [2.24, 2.45) is 0 Å². The van der Waals surface area contributed by atoms with Gasteiger partial charge in [-0.15, -0.1) is 0 Å². The number of anilines is 1. The molecule has 0 aliphatic carbocycles. The van der Waals surface area contributed by atoms with Crippen molar-refractivity contribution in [3.63, 3.8) is 0 Å². The van der Waals surface area contributed by atoms with Crippen LogP contribution in [0.25, 0.3) is 0 Å². The minimum absolute atomic E-state index is 0.198. The van der Waals surface area contributed by atoms with Crippen LogP contribution < -0.4 is 4.90 Å². The first-order chi connectivity index (χ1) is 6.15. The highest BCUT2D eigenvalue weighted by Gasteiger charge is 2.03. The van der Waals surface area contributed by atoms with E-state index in [4.69, 9.17) is 5.11 Å². The van der Waals surface area contributed by atoms with Gasteiger partial charge in [-0.1, -0.05) is 12.1 Å². The molecule has 0 aliphatic rings. The molecule has 0 fully saturated rings. The van der Waals surface area contributed by atoms with Crippen LogP contribution in [0.1, 0.15) is 11.1 Å². The Morgan fingerprint density at radius 1 is 1.31 bits per heavy atom. The van der Waals surface area contributed by atoms with Gasteiger partial charge in [-0.3, -0.25) is 0 Å². The molecule has 1 aromatic rings. The third kappa shape index (κ3) is 2.46. The van der Waals surface area contributed by atoms with Gasteiger partial charge < -0.3 is 10.0 Å². The molecule has 2 heteroatoms. The van der Waals surface area contributed by atoms with Crippen LogP contribution in [0.2, 0.25) is 0 Å². The van der Waals surface area contributed by atoms with Gasteiger partial charge in [0.1, 0.15) is 0 Å². The summed E-state index contributed by atoms with van der Waals surface area (Å²) >= 11 is 0. The van der Waals surface area contributed by atoms with Gasteiger partial charge in [0.15, 0.2) is 0 Å². The van der Waals surface area contributed by atoms with Crippen molar-refractivity contribution in [3.05, 3.63) is 29.3 Å². The molecule has 0 saturated heterocycles. The van der Waals surface area contributed by atoms with Gasteiger partial charge in [-0.2, -0.15) is 0 Å². The van der Waals surface area contributed by atoms with Crippen LogP contribution in [0, 0.1) is 13.8 Å². The van der Waals surface area contributed by atoms with Gasteiger partial charge in [0.25, 0.3) is 0 Å². The molecule has 0 aromatic heterocycles. The topological polar surface area (TPSA) is 23.5 Å². The second kappa shape index (κ2) is 4.28. The summed E-state index contributed by atoms with van der Waals surface area (Å²) in [6, 6.07) is 6.36. The largest absolute Gasteiger partial charge is 0.395 e. The number of aliphatic hydroxyl groups excluding tert-OH is 1. The van der Waals surface area contributed by atoms with Crippen molar-refractivity contribution in [2.75, 3.05) is 25.1 Å². The minimum Gasteiger partial charge on any atom is -0.395 e. The summed E-state index contributed by atoms with van der Waals surface area (Å²) in [6.45, 7) is 5.05. The van der Waals surface area contributed by atoms with Crippen molar-refractivity contribution in [3.8, 4) is 0 Å². The minimum atomic E-state index is 0.198. The number of benzene rings is 1. The molecule has 0 amide bonds. The lowest BCUT2D eigenvalue weighted by Crippen LogP contribution is -2.21. The van der Waals surface area contributed by atoms with Gasteiger partial charge in [-0.05, 0) is 31.0 Å². The van der Waals surface area contributed by atoms with E-state index in [1.807, 2.05) is 7.05 Å². The zero-order valence-electron chi connectivity index (χ0n) is 8.54. The first-order valence-corrected chi connectivity index (χ1v) is 4.54. The van der Waals surface area contributed by atoms with Crippen LogP contribution in [-0.4, -0.2) is 25.3 Å². The molecule has 0 saturated carbocycles. The second-order valence-electron chi connectivity index (χ2n) is 3.44. The number of hydrogen-bond donors (Lipinski definition) is 1. The van der Waals surface area contributed by atoms with Gasteiger partial charge in [0, 0.05) is 19.3 Å². The molecule has 0 aliphatic heterocycles. The monoisotopic (exact) mass is 179 g/mol. The van der Waals surface area contributed by atoms with Gasteiger partial charge in [0.05, 0.1) is 6.61 Å². The molecule has 0 radical (unpaired) electrons. The van der Waals surface area contributed by atoms with E-state index in [1.165, 1.54) is 16.8 Å². The van der Waals surface area contributed by atoms with Crippen molar-refractivity contribution in [1.82, 2.24) is 0 Å². The standard InChI is InChI=1S/C11H17NO/c1-9-4-5-10(2)11(8-9)12(3)6-7-13/h4-5,8,13H,6-7H2,1-3H3. The molecular formula is C11H17NO. The maximum atomic E-state index is 8.82. The first-order valence-electron chi connectivity index (χ1n) is 4.54. The Balaban J connectivity index is 2.91. The number of rotatable bonds is 3. The Labute approximate surface area is 79.8 Å². The molecule has 2 nitrogen and oxygen atoms in total. The Bertz CT molecular complexity index is 283. The van der Waals surface area contributed by atoms with Crippen LogP contribution >= 0.6 is 0 Å². The SMILES string of the molecule is Cc1ccc(C)c(N(C)CCO)c1. The summed E-state index contributed by atoms with van der Waals surface area (Å²) in [4.78, 5) is 2.07. The van der Waals surface area contributed by atoms with Gasteiger partial charge in [0.2, 0.25) is 0 Å². The number of hydrogen-bond acceptors (Lipinski definition) is 2. The fraction of sp³-hybridized carbons (Fsp3) is 0.455. The van der Waals surface area contributed by atoms with E-state index < -0.39 is 0 Å². The lowest BCUT2D eigenvalue weighted by Gasteiger charge is -2.20. The van der Waals surface area contributed by atoms with Crippen molar-refractivity contribution in [1.29, 1.82) is 0 Å². The maximum Gasteiger partial charge on any atom is 0.0606 e. The summed E-state index contributed by atoms with van der Waals surface area (Å²) in [7, 11) is 2.00. The van der Waals surface area contributed by atoms with Crippen LogP contribution in [-0.2, 0) is 0 Å². The molecule has 13 heavy (non-hydrogen) atoms. The predicted octanol–water partition coefficient (Wildman–Crippen LogP) is 1.73. The molecule has 1 aromatic carbocycles. The third-order valence-corrected chi connectivity index (χ3v) is 2.21. The molecule has 0 bridgehead atoms. The lowest BCUT2D eigenvalue weighted by molar-refractivity contribution is 0.304. The highest BCUT2D eigenvalue weighted by atomic mass is 16.3. The van der Waals surface area contributed by atoms with Gasteiger partial charge in [-0.25, -0.2) is 0 Å². The van der Waals surface area contributed by atoms with E-state index in [2.05, 4.69) is 36.9 Å². The third-order valence-electron chi connectivity index (χ3n) is 2.21. The summed E-state index contributed by atoms with van der Waals surface area (Å²) in [6.07, 6.45) is 0. The molecule has 0 spiro atoms.